The molecule has 15 heteroatoms. The molecule has 0 radical (unpaired) electrons. The second-order valence-corrected chi connectivity index (χ2v) is 15.9. The first-order chi connectivity index (χ1) is 24.0. The van der Waals surface area contributed by atoms with Crippen molar-refractivity contribution in [2.45, 2.75) is 5.60 Å². The minimum absolute atomic E-state index is 0.0827. The molecule has 1 spiro atoms. The van der Waals surface area contributed by atoms with Crippen LogP contribution >= 0.6 is 43.2 Å². The van der Waals surface area contributed by atoms with Gasteiger partial charge in [-0.2, -0.15) is 0 Å². The van der Waals surface area contributed by atoms with Crippen molar-refractivity contribution < 1.29 is 43.5 Å². The number of esters is 1. The van der Waals surface area contributed by atoms with Crippen LogP contribution in [0.4, 0.5) is 21.0 Å². The molecule has 0 saturated heterocycles. The van der Waals surface area contributed by atoms with Gasteiger partial charge in [-0.05, 0) is 35.7 Å². The lowest BCUT2D eigenvalue weighted by Crippen LogP contribution is -2.33. The van der Waals surface area contributed by atoms with Crippen LogP contribution < -0.4 is 15.4 Å². The maximum Gasteiger partial charge on any atom is 0.411 e. The normalized spacial score (nSPS) is 15.5. The molecule has 4 N–H and O–H groups in total. The highest BCUT2D eigenvalue weighted by atomic mass is 33.1. The Labute approximate surface area is 298 Å². The molecule has 2 heterocycles. The monoisotopic (exact) mass is 740 g/mol. The fourth-order valence-corrected chi connectivity index (χ4v) is 8.82. The van der Waals surface area contributed by atoms with Crippen LogP contribution in [0.5, 0.6) is 11.5 Å². The maximum absolute atomic E-state index is 13.4. The van der Waals surface area contributed by atoms with E-state index < -0.39 is 23.8 Å². The Morgan fingerprint density at radius 3 is 2.14 bits per heavy atom. The second kappa shape index (κ2) is 16.3. The molecule has 4 aromatic rings. The SMILES string of the molecule is O=C(Nc1ccc2c(c1)Oc1c(ccc3cccc(NC(=O)OCCSSCCO)c13)C21OC(=O)c2ccccc21)OCCSSCCO. The molecule has 1 unspecified atom stereocenters. The van der Waals surface area contributed by atoms with Crippen molar-refractivity contribution in [3.8, 4) is 11.5 Å². The van der Waals surface area contributed by atoms with Gasteiger partial charge >= 0.3 is 18.2 Å². The number of aliphatic hydroxyl groups excluding tert-OH is 2. The number of rotatable bonds is 14. The summed E-state index contributed by atoms with van der Waals surface area (Å²) in [5, 5.41) is 24.8. The van der Waals surface area contributed by atoms with E-state index in [-0.39, 0.29) is 26.4 Å². The van der Waals surface area contributed by atoms with Gasteiger partial charge in [-0.1, -0.05) is 79.6 Å². The summed E-state index contributed by atoms with van der Waals surface area (Å²) in [6, 6.07) is 21.5. The molecule has 1 atom stereocenters. The quantitative estimate of drug-likeness (QED) is 0.0445. The topological polar surface area (TPSA) is 153 Å². The van der Waals surface area contributed by atoms with Crippen LogP contribution in [-0.4, -0.2) is 77.8 Å². The third kappa shape index (κ3) is 7.56. The predicted octanol–water partition coefficient (Wildman–Crippen LogP) is 7.25. The molecule has 6 rings (SSSR count). The van der Waals surface area contributed by atoms with Crippen molar-refractivity contribution >= 4 is 83.5 Å². The fourth-order valence-electron chi connectivity index (χ4n) is 5.63. The third-order valence-electron chi connectivity index (χ3n) is 7.52. The molecule has 4 aromatic carbocycles. The van der Waals surface area contributed by atoms with E-state index in [1.807, 2.05) is 30.3 Å². The first-order valence-electron chi connectivity index (χ1n) is 15.3. The summed E-state index contributed by atoms with van der Waals surface area (Å²) in [7, 11) is 6.01. The van der Waals surface area contributed by atoms with Crippen LogP contribution in [0.25, 0.3) is 10.8 Å². The molecule has 49 heavy (non-hydrogen) atoms. The molecule has 0 aromatic heterocycles. The zero-order valence-corrected chi connectivity index (χ0v) is 29.2. The Morgan fingerprint density at radius 2 is 1.41 bits per heavy atom. The smallest absolute Gasteiger partial charge is 0.411 e. The van der Waals surface area contributed by atoms with E-state index in [9.17, 15) is 14.4 Å². The summed E-state index contributed by atoms with van der Waals surface area (Å²) >= 11 is 0. The Hall–Kier alpha value is -3.73. The van der Waals surface area contributed by atoms with E-state index in [1.54, 1.807) is 42.5 Å². The van der Waals surface area contributed by atoms with Gasteiger partial charge in [0.1, 0.15) is 24.7 Å². The lowest BCUT2D eigenvalue weighted by Gasteiger charge is -2.37. The number of aliphatic hydroxyl groups is 2. The van der Waals surface area contributed by atoms with Crippen molar-refractivity contribution in [2.24, 2.45) is 0 Å². The molecule has 256 valence electrons. The van der Waals surface area contributed by atoms with Crippen LogP contribution in [0.3, 0.4) is 0 Å². The van der Waals surface area contributed by atoms with Crippen LogP contribution in [0, 0.1) is 0 Å². The van der Waals surface area contributed by atoms with Gasteiger partial charge < -0.3 is 29.2 Å². The number of carbonyl (C=O) groups excluding carboxylic acids is 3. The maximum atomic E-state index is 13.4. The highest BCUT2D eigenvalue weighted by Gasteiger charge is 2.54. The molecule has 0 aliphatic carbocycles. The van der Waals surface area contributed by atoms with E-state index in [1.165, 1.54) is 43.2 Å². The standard InChI is InChI=1S/C34H32N2O9S4/c37-12-16-46-48-18-14-42-32(40)35-22-9-11-25-28(20-22)44-30-26(34(25)24-6-2-1-5-23(24)31(39)45-34)10-8-21-4-3-7-27(29(21)30)36-33(41)43-15-19-49-47-17-13-38/h1-11,20,37-38H,12-19H2,(H,35,40)(H,36,41). The number of fused-ring (bicyclic) bond motifs is 8. The number of carbonyl (C=O) groups is 3. The van der Waals surface area contributed by atoms with Crippen molar-refractivity contribution in [3.63, 3.8) is 0 Å². The van der Waals surface area contributed by atoms with E-state index in [0.29, 0.717) is 73.5 Å². The Kier molecular flexibility index (Phi) is 11.7. The number of hydrogen-bond acceptors (Lipinski definition) is 13. The van der Waals surface area contributed by atoms with Crippen molar-refractivity contribution in [3.05, 3.63) is 95.1 Å². The molecule has 0 fully saturated rings. The number of benzene rings is 4. The number of hydrogen-bond donors (Lipinski definition) is 4. The zero-order chi connectivity index (χ0) is 34.2. The second-order valence-electron chi connectivity index (χ2n) is 10.5. The summed E-state index contributed by atoms with van der Waals surface area (Å²) in [4.78, 5) is 38.9. The van der Waals surface area contributed by atoms with Gasteiger partial charge in [0.25, 0.3) is 0 Å². The summed E-state index contributed by atoms with van der Waals surface area (Å²) in [5.41, 5.74) is 1.67. The van der Waals surface area contributed by atoms with Crippen molar-refractivity contribution in [1.82, 2.24) is 0 Å². The first kappa shape index (κ1) is 35.1. The highest BCUT2D eigenvalue weighted by Crippen LogP contribution is 2.58. The van der Waals surface area contributed by atoms with E-state index in [4.69, 9.17) is 29.2 Å². The first-order valence-corrected chi connectivity index (χ1v) is 20.2. The Bertz CT molecular complexity index is 1860. The van der Waals surface area contributed by atoms with Crippen LogP contribution in [0.15, 0.2) is 72.8 Å². The van der Waals surface area contributed by atoms with Gasteiger partial charge in [-0.3, -0.25) is 10.6 Å². The number of nitrogens with one attached hydrogen (secondary N) is 2. The molecule has 11 nitrogen and oxygen atoms in total. The zero-order valence-electron chi connectivity index (χ0n) is 26.0. The van der Waals surface area contributed by atoms with E-state index in [2.05, 4.69) is 10.6 Å². The lowest BCUT2D eigenvalue weighted by atomic mass is 9.77. The highest BCUT2D eigenvalue weighted by molar-refractivity contribution is 8.77. The van der Waals surface area contributed by atoms with Crippen LogP contribution in [0.2, 0.25) is 0 Å². The van der Waals surface area contributed by atoms with Gasteiger partial charge in [0.2, 0.25) is 0 Å². The summed E-state index contributed by atoms with van der Waals surface area (Å²) < 4.78 is 23.7. The number of ether oxygens (including phenoxy) is 4. The number of anilines is 2. The van der Waals surface area contributed by atoms with Crippen molar-refractivity contribution in [2.75, 3.05) is 60.1 Å². The molecule has 2 amide bonds. The van der Waals surface area contributed by atoms with Crippen LogP contribution in [-0.2, 0) is 19.8 Å². The molecular formula is C34H32N2O9S4. The molecule has 2 aliphatic rings. The molecule has 2 aliphatic heterocycles. The van der Waals surface area contributed by atoms with Gasteiger partial charge in [0, 0.05) is 56.8 Å². The van der Waals surface area contributed by atoms with Gasteiger partial charge in [0.15, 0.2) is 5.60 Å². The largest absolute Gasteiger partial charge is 0.456 e. The summed E-state index contributed by atoms with van der Waals surface area (Å²) in [6.07, 6.45) is -1.28. The van der Waals surface area contributed by atoms with Gasteiger partial charge in [0.05, 0.1) is 24.5 Å². The number of amides is 2. The van der Waals surface area contributed by atoms with Gasteiger partial charge in [-0.15, -0.1) is 0 Å². The van der Waals surface area contributed by atoms with Crippen LogP contribution in [0.1, 0.15) is 27.0 Å². The lowest BCUT2D eigenvalue weighted by molar-refractivity contribution is 0.0225. The van der Waals surface area contributed by atoms with E-state index >= 15 is 0 Å². The Balaban J connectivity index is 1.33. The van der Waals surface area contributed by atoms with Crippen molar-refractivity contribution in [1.29, 1.82) is 0 Å². The summed E-state index contributed by atoms with van der Waals surface area (Å²) in [6.45, 7) is 0.532. The minimum atomic E-state index is -1.37. The molecule has 0 bridgehead atoms. The Morgan fingerprint density at radius 1 is 0.735 bits per heavy atom. The predicted molar refractivity (Wildman–Crippen MR) is 196 cm³/mol. The minimum Gasteiger partial charge on any atom is -0.456 e. The fraction of sp³-hybridized carbons (Fsp3) is 0.265. The average Bonchev–Trinajstić information content (AvgIpc) is 3.40. The molecular weight excluding hydrogens is 709 g/mol. The average molecular weight is 741 g/mol. The van der Waals surface area contributed by atoms with Gasteiger partial charge in [-0.25, -0.2) is 14.4 Å². The summed E-state index contributed by atoms with van der Waals surface area (Å²) in [5.74, 6) is 2.54. The molecule has 0 saturated carbocycles. The van der Waals surface area contributed by atoms with E-state index in [0.717, 1.165) is 5.39 Å². The third-order valence-corrected chi connectivity index (χ3v) is 12.2.